The molecule has 1 amide bonds. The second-order valence-electron chi connectivity index (χ2n) is 4.71. The predicted octanol–water partition coefficient (Wildman–Crippen LogP) is 1.11. The number of hydrogen-bond donors (Lipinski definition) is 2. The van der Waals surface area contributed by atoms with Crippen molar-refractivity contribution in [3.05, 3.63) is 29.8 Å². The average molecular weight is 247 g/mol. The third kappa shape index (κ3) is 2.64. The topological polar surface area (TPSA) is 58.4 Å². The number of nitrogens with one attached hydrogen (secondary N) is 1. The monoisotopic (exact) mass is 247 g/mol. The van der Waals surface area contributed by atoms with Crippen LogP contribution in [0.2, 0.25) is 0 Å². The zero-order chi connectivity index (χ0) is 13.0. The van der Waals surface area contributed by atoms with Gasteiger partial charge in [0.05, 0.1) is 0 Å². The van der Waals surface area contributed by atoms with Crippen molar-refractivity contribution in [3.63, 3.8) is 0 Å². The van der Waals surface area contributed by atoms with Crippen molar-refractivity contribution in [2.75, 3.05) is 25.0 Å². The molecule has 98 valence electrons. The van der Waals surface area contributed by atoms with E-state index in [1.807, 2.05) is 12.1 Å². The minimum absolute atomic E-state index is 0.163. The number of para-hydroxylation sites is 1. The van der Waals surface area contributed by atoms with Crippen molar-refractivity contribution < 1.29 is 4.79 Å². The molecule has 1 aliphatic heterocycles. The fourth-order valence-electron chi connectivity index (χ4n) is 2.58. The van der Waals surface area contributed by atoms with Gasteiger partial charge in [0.25, 0.3) is 0 Å². The van der Waals surface area contributed by atoms with E-state index in [9.17, 15) is 4.79 Å². The van der Waals surface area contributed by atoms with E-state index in [2.05, 4.69) is 22.3 Å². The van der Waals surface area contributed by atoms with Crippen LogP contribution in [-0.2, 0) is 11.3 Å². The lowest BCUT2D eigenvalue weighted by Gasteiger charge is -2.34. The van der Waals surface area contributed by atoms with Crippen LogP contribution in [0.1, 0.15) is 18.4 Å². The van der Waals surface area contributed by atoms with Crippen LogP contribution >= 0.6 is 0 Å². The Morgan fingerprint density at radius 1 is 1.39 bits per heavy atom. The highest BCUT2D eigenvalue weighted by Crippen LogP contribution is 2.26. The Balaban J connectivity index is 2.03. The Hall–Kier alpha value is -1.55. The summed E-state index contributed by atoms with van der Waals surface area (Å²) in [5.74, 6) is 0.332. The highest BCUT2D eigenvalue weighted by Gasteiger charge is 2.24. The van der Waals surface area contributed by atoms with Gasteiger partial charge < -0.3 is 16.0 Å². The number of nitrogens with two attached hydrogens (primary N) is 1. The van der Waals surface area contributed by atoms with Crippen LogP contribution < -0.4 is 16.0 Å². The molecule has 2 rings (SSSR count). The number of anilines is 1. The Bertz CT molecular complexity index is 411. The number of nitrogens with zero attached hydrogens (tertiary/aromatic N) is 1. The first-order chi connectivity index (χ1) is 8.76. The molecular weight excluding hydrogens is 226 g/mol. The number of piperidine rings is 1. The lowest BCUT2D eigenvalue weighted by Crippen LogP contribution is -2.40. The number of hydrogen-bond acceptors (Lipinski definition) is 3. The SMILES string of the molecule is CNC(=O)C1CCN(c2ccccc2CN)CC1. The molecule has 4 nitrogen and oxygen atoms in total. The molecule has 0 aromatic heterocycles. The molecule has 18 heavy (non-hydrogen) atoms. The highest BCUT2D eigenvalue weighted by atomic mass is 16.1. The fourth-order valence-corrected chi connectivity index (χ4v) is 2.58. The molecule has 1 heterocycles. The summed E-state index contributed by atoms with van der Waals surface area (Å²) in [6.45, 7) is 2.41. The predicted molar refractivity (Wildman–Crippen MR) is 73.3 cm³/mol. The molecule has 1 aromatic carbocycles. The zero-order valence-corrected chi connectivity index (χ0v) is 10.9. The van der Waals surface area contributed by atoms with Gasteiger partial charge in [-0.3, -0.25) is 4.79 Å². The summed E-state index contributed by atoms with van der Waals surface area (Å²) in [5, 5.41) is 2.73. The minimum Gasteiger partial charge on any atom is -0.371 e. The first-order valence-electron chi connectivity index (χ1n) is 6.50. The fraction of sp³-hybridized carbons (Fsp3) is 0.500. The zero-order valence-electron chi connectivity index (χ0n) is 10.9. The van der Waals surface area contributed by atoms with E-state index < -0.39 is 0 Å². The summed E-state index contributed by atoms with van der Waals surface area (Å²) in [5.41, 5.74) is 8.16. The molecule has 0 atom stereocenters. The molecule has 0 aliphatic carbocycles. The summed E-state index contributed by atoms with van der Waals surface area (Å²) < 4.78 is 0. The normalized spacial score (nSPS) is 16.7. The quantitative estimate of drug-likeness (QED) is 0.841. The standard InChI is InChI=1S/C14H21N3O/c1-16-14(18)11-6-8-17(9-7-11)13-5-3-2-4-12(13)10-15/h2-5,11H,6-10,15H2,1H3,(H,16,18). The second kappa shape index (κ2) is 5.87. The van der Waals surface area contributed by atoms with Crippen LogP contribution in [0.15, 0.2) is 24.3 Å². The first kappa shape index (κ1) is 12.9. The maximum atomic E-state index is 11.6. The van der Waals surface area contributed by atoms with Gasteiger partial charge in [-0.1, -0.05) is 18.2 Å². The van der Waals surface area contributed by atoms with Gasteiger partial charge in [0.15, 0.2) is 0 Å². The van der Waals surface area contributed by atoms with E-state index in [1.165, 1.54) is 11.3 Å². The Morgan fingerprint density at radius 3 is 2.67 bits per heavy atom. The maximum absolute atomic E-state index is 11.6. The Kier molecular flexibility index (Phi) is 4.20. The van der Waals surface area contributed by atoms with Crippen LogP contribution in [0.5, 0.6) is 0 Å². The van der Waals surface area contributed by atoms with Gasteiger partial charge in [-0.2, -0.15) is 0 Å². The first-order valence-corrected chi connectivity index (χ1v) is 6.50. The van der Waals surface area contributed by atoms with Crippen molar-refractivity contribution in [2.24, 2.45) is 11.7 Å². The number of benzene rings is 1. The molecule has 1 fully saturated rings. The van der Waals surface area contributed by atoms with Gasteiger partial charge in [-0.05, 0) is 24.5 Å². The number of carbonyl (C=O) groups excluding carboxylic acids is 1. The van der Waals surface area contributed by atoms with Crippen molar-refractivity contribution in [2.45, 2.75) is 19.4 Å². The van der Waals surface area contributed by atoms with Crippen LogP contribution in [0.25, 0.3) is 0 Å². The maximum Gasteiger partial charge on any atom is 0.222 e. The number of amides is 1. The van der Waals surface area contributed by atoms with Crippen LogP contribution in [0, 0.1) is 5.92 Å². The van der Waals surface area contributed by atoms with Crippen LogP contribution in [-0.4, -0.2) is 26.0 Å². The largest absolute Gasteiger partial charge is 0.371 e. The van der Waals surface area contributed by atoms with Crippen LogP contribution in [0.4, 0.5) is 5.69 Å². The molecule has 0 saturated carbocycles. The lowest BCUT2D eigenvalue weighted by atomic mass is 9.95. The van der Waals surface area contributed by atoms with Gasteiger partial charge in [0.1, 0.15) is 0 Å². The molecule has 0 radical (unpaired) electrons. The van der Waals surface area contributed by atoms with Crippen molar-refractivity contribution in [3.8, 4) is 0 Å². The summed E-state index contributed by atoms with van der Waals surface area (Å²) >= 11 is 0. The molecular formula is C14H21N3O. The van der Waals surface area contributed by atoms with Crippen molar-refractivity contribution in [1.29, 1.82) is 0 Å². The minimum atomic E-state index is 0.163. The summed E-state index contributed by atoms with van der Waals surface area (Å²) in [6, 6.07) is 8.24. The number of carbonyl (C=O) groups is 1. The van der Waals surface area contributed by atoms with Gasteiger partial charge in [0.2, 0.25) is 5.91 Å². The molecule has 1 aliphatic rings. The van der Waals surface area contributed by atoms with E-state index in [0.29, 0.717) is 6.54 Å². The smallest absolute Gasteiger partial charge is 0.222 e. The summed E-state index contributed by atoms with van der Waals surface area (Å²) in [6.07, 6.45) is 1.83. The number of rotatable bonds is 3. The van der Waals surface area contributed by atoms with E-state index in [4.69, 9.17) is 5.73 Å². The van der Waals surface area contributed by atoms with E-state index in [-0.39, 0.29) is 11.8 Å². The molecule has 0 bridgehead atoms. The van der Waals surface area contributed by atoms with Gasteiger partial charge in [-0.15, -0.1) is 0 Å². The Labute approximate surface area is 108 Å². The van der Waals surface area contributed by atoms with E-state index >= 15 is 0 Å². The third-order valence-electron chi connectivity index (χ3n) is 3.66. The van der Waals surface area contributed by atoms with Gasteiger partial charge in [-0.25, -0.2) is 0 Å². The van der Waals surface area contributed by atoms with Gasteiger partial charge in [0, 0.05) is 38.3 Å². The van der Waals surface area contributed by atoms with Gasteiger partial charge >= 0.3 is 0 Å². The Morgan fingerprint density at radius 2 is 2.06 bits per heavy atom. The third-order valence-corrected chi connectivity index (χ3v) is 3.66. The van der Waals surface area contributed by atoms with Crippen LogP contribution in [0.3, 0.4) is 0 Å². The molecule has 0 spiro atoms. The highest BCUT2D eigenvalue weighted by molar-refractivity contribution is 5.78. The van der Waals surface area contributed by atoms with E-state index in [1.54, 1.807) is 7.05 Å². The lowest BCUT2D eigenvalue weighted by molar-refractivity contribution is -0.125. The molecule has 1 aromatic rings. The second-order valence-corrected chi connectivity index (χ2v) is 4.71. The van der Waals surface area contributed by atoms with E-state index in [0.717, 1.165) is 25.9 Å². The summed E-state index contributed by atoms with van der Waals surface area (Å²) in [4.78, 5) is 13.9. The summed E-state index contributed by atoms with van der Waals surface area (Å²) in [7, 11) is 1.71. The molecule has 1 saturated heterocycles. The van der Waals surface area contributed by atoms with Crippen molar-refractivity contribution >= 4 is 11.6 Å². The molecule has 3 N–H and O–H groups in total. The molecule has 4 heteroatoms. The van der Waals surface area contributed by atoms with Crippen molar-refractivity contribution in [1.82, 2.24) is 5.32 Å². The molecule has 0 unspecified atom stereocenters. The average Bonchev–Trinajstić information content (AvgIpc) is 2.46.